The number of halogens is 2. The summed E-state index contributed by atoms with van der Waals surface area (Å²) >= 11 is 0. The number of likely N-dealkylation sites (tertiary alicyclic amines) is 1. The van der Waals surface area contributed by atoms with Crippen LogP contribution in [0.25, 0.3) is 16.9 Å². The summed E-state index contributed by atoms with van der Waals surface area (Å²) in [5.74, 6) is -1.65. The SMILES string of the molecule is COCC(Cn1cccn1)N1CC(NC(=O)Nc2c(C)c(-c3cnn(C)c3)nn2-c2ccccc2)[C@H](c2ccc(F)c(F)c2)C1. The summed E-state index contributed by atoms with van der Waals surface area (Å²) in [6, 6.07) is 14.4. The Morgan fingerprint density at radius 2 is 1.91 bits per heavy atom. The summed E-state index contributed by atoms with van der Waals surface area (Å²) < 4.78 is 39.0. The van der Waals surface area contributed by atoms with Crippen molar-refractivity contribution < 1.29 is 18.3 Å². The van der Waals surface area contributed by atoms with Gasteiger partial charge in [0, 0.05) is 62.9 Å². The highest BCUT2D eigenvalue weighted by Crippen LogP contribution is 2.32. The average Bonchev–Trinajstić information content (AvgIpc) is 3.84. The highest BCUT2D eigenvalue weighted by atomic mass is 19.2. The van der Waals surface area contributed by atoms with Crippen molar-refractivity contribution in [3.05, 3.63) is 102 Å². The number of anilines is 1. The lowest BCUT2D eigenvalue weighted by Gasteiger charge is -2.27. The van der Waals surface area contributed by atoms with E-state index in [0.29, 0.717) is 43.3 Å². The summed E-state index contributed by atoms with van der Waals surface area (Å²) in [5.41, 5.74) is 3.65. The number of nitrogens with zero attached hydrogens (tertiary/aromatic N) is 7. The zero-order valence-corrected chi connectivity index (χ0v) is 25.3. The van der Waals surface area contributed by atoms with Crippen LogP contribution in [0.5, 0.6) is 0 Å². The van der Waals surface area contributed by atoms with Crippen molar-refractivity contribution in [2.24, 2.45) is 7.05 Å². The zero-order chi connectivity index (χ0) is 31.5. The Bertz CT molecular complexity index is 1750. The van der Waals surface area contributed by atoms with Crippen molar-refractivity contribution in [3.63, 3.8) is 0 Å². The summed E-state index contributed by atoms with van der Waals surface area (Å²) in [7, 11) is 3.47. The number of urea groups is 1. The molecule has 3 atom stereocenters. The van der Waals surface area contributed by atoms with Crippen LogP contribution < -0.4 is 10.6 Å². The number of aromatic nitrogens is 6. The maximum atomic E-state index is 14.4. The van der Waals surface area contributed by atoms with Gasteiger partial charge in [-0.2, -0.15) is 15.3 Å². The Hall–Kier alpha value is -4.88. The first kappa shape index (κ1) is 30.2. The highest BCUT2D eigenvalue weighted by Gasteiger charge is 2.38. The third kappa shape index (κ3) is 6.49. The van der Waals surface area contributed by atoms with Gasteiger partial charge in [0.1, 0.15) is 11.5 Å². The van der Waals surface area contributed by atoms with E-state index in [4.69, 9.17) is 9.84 Å². The second-order valence-electron chi connectivity index (χ2n) is 11.2. The summed E-state index contributed by atoms with van der Waals surface area (Å²) in [6.45, 7) is 3.85. The van der Waals surface area contributed by atoms with E-state index in [1.165, 1.54) is 6.07 Å². The van der Waals surface area contributed by atoms with Crippen LogP contribution in [0, 0.1) is 18.6 Å². The maximum absolute atomic E-state index is 14.4. The molecule has 13 heteroatoms. The quantitative estimate of drug-likeness (QED) is 0.242. The van der Waals surface area contributed by atoms with Crippen LogP contribution in [0.1, 0.15) is 17.0 Å². The van der Waals surface area contributed by atoms with Crippen LogP contribution in [0.4, 0.5) is 19.4 Å². The standard InChI is InChI=1S/C32H35F2N9O2/c1-21-30(23-15-36-40(2)16-23)39-43(24-8-5-4-6-9-24)31(21)38-32(44)37-29-19-41(25(20-45-3)17-42-13-7-12-35-42)18-26(29)22-10-11-27(33)28(34)14-22/h4-16,25-26,29H,17-20H2,1-3H3,(H2,37,38,44)/t25?,26-,29?/m0/s1. The predicted octanol–water partition coefficient (Wildman–Crippen LogP) is 4.36. The topological polar surface area (TPSA) is 107 Å². The van der Waals surface area contributed by atoms with Crippen molar-refractivity contribution in [1.82, 2.24) is 39.6 Å². The van der Waals surface area contributed by atoms with E-state index in [0.717, 1.165) is 22.9 Å². The summed E-state index contributed by atoms with van der Waals surface area (Å²) in [5, 5.41) is 19.6. The lowest BCUT2D eigenvalue weighted by Crippen LogP contribution is -2.45. The number of hydrogen-bond donors (Lipinski definition) is 2. The molecule has 2 N–H and O–H groups in total. The minimum atomic E-state index is -0.926. The Kier molecular flexibility index (Phi) is 8.71. The van der Waals surface area contributed by atoms with Crippen molar-refractivity contribution >= 4 is 11.8 Å². The molecule has 1 fully saturated rings. The molecule has 1 saturated heterocycles. The summed E-state index contributed by atoms with van der Waals surface area (Å²) in [4.78, 5) is 15.9. The molecular formula is C32H35F2N9O2. The Morgan fingerprint density at radius 1 is 1.09 bits per heavy atom. The van der Waals surface area contributed by atoms with Crippen LogP contribution >= 0.6 is 0 Å². The molecule has 5 aromatic rings. The predicted molar refractivity (Wildman–Crippen MR) is 165 cm³/mol. The molecule has 234 valence electrons. The van der Waals surface area contributed by atoms with Crippen LogP contribution in [0.2, 0.25) is 0 Å². The minimum Gasteiger partial charge on any atom is -0.383 e. The number of amides is 2. The van der Waals surface area contributed by atoms with E-state index in [9.17, 15) is 13.6 Å². The number of methoxy groups -OCH3 is 1. The highest BCUT2D eigenvalue weighted by molar-refractivity contribution is 5.91. The number of carbonyl (C=O) groups is 1. The molecular weight excluding hydrogens is 580 g/mol. The Labute approximate surface area is 259 Å². The van der Waals surface area contributed by atoms with Gasteiger partial charge in [0.25, 0.3) is 0 Å². The molecule has 11 nitrogen and oxygen atoms in total. The van der Waals surface area contributed by atoms with Gasteiger partial charge in [0.2, 0.25) is 0 Å². The molecule has 1 aliphatic rings. The van der Waals surface area contributed by atoms with E-state index < -0.39 is 23.7 Å². The fraction of sp³-hybridized carbons (Fsp3) is 0.312. The first-order valence-electron chi connectivity index (χ1n) is 14.7. The van der Waals surface area contributed by atoms with Crippen molar-refractivity contribution in [1.29, 1.82) is 0 Å². The molecule has 4 heterocycles. The van der Waals surface area contributed by atoms with Crippen LogP contribution in [0.3, 0.4) is 0 Å². The first-order chi connectivity index (χ1) is 21.8. The fourth-order valence-corrected chi connectivity index (χ4v) is 5.98. The smallest absolute Gasteiger partial charge is 0.320 e. The van der Waals surface area contributed by atoms with Gasteiger partial charge in [-0.1, -0.05) is 24.3 Å². The third-order valence-electron chi connectivity index (χ3n) is 8.20. The summed E-state index contributed by atoms with van der Waals surface area (Å²) in [6.07, 6.45) is 7.20. The second kappa shape index (κ2) is 13.0. The molecule has 2 aromatic carbocycles. The van der Waals surface area contributed by atoms with E-state index in [1.54, 1.807) is 34.9 Å². The van der Waals surface area contributed by atoms with Crippen molar-refractivity contribution in [2.75, 3.05) is 32.1 Å². The van der Waals surface area contributed by atoms with Crippen LogP contribution in [-0.4, -0.2) is 79.2 Å². The number of para-hydroxylation sites is 1. The van der Waals surface area contributed by atoms with E-state index in [1.807, 2.05) is 67.4 Å². The molecule has 0 radical (unpaired) electrons. The van der Waals surface area contributed by atoms with E-state index in [-0.39, 0.29) is 12.0 Å². The van der Waals surface area contributed by atoms with Crippen molar-refractivity contribution in [2.45, 2.75) is 31.5 Å². The minimum absolute atomic E-state index is 0.0682. The largest absolute Gasteiger partial charge is 0.383 e. The number of hydrogen-bond acceptors (Lipinski definition) is 6. The third-order valence-corrected chi connectivity index (χ3v) is 8.20. The van der Waals surface area contributed by atoms with Gasteiger partial charge in [-0.05, 0) is 42.8 Å². The monoisotopic (exact) mass is 615 g/mol. The number of carbonyl (C=O) groups excluding carboxylic acids is 1. The first-order valence-corrected chi connectivity index (χ1v) is 14.7. The maximum Gasteiger partial charge on any atom is 0.320 e. The van der Waals surface area contributed by atoms with Gasteiger partial charge in [-0.15, -0.1) is 0 Å². The van der Waals surface area contributed by atoms with E-state index >= 15 is 0 Å². The second-order valence-corrected chi connectivity index (χ2v) is 11.2. The molecule has 0 saturated carbocycles. The van der Waals surface area contributed by atoms with Gasteiger partial charge in [0.15, 0.2) is 11.6 Å². The molecule has 0 aliphatic carbocycles. The molecule has 6 rings (SSSR count). The molecule has 2 unspecified atom stereocenters. The normalized spacial score (nSPS) is 17.4. The lowest BCUT2D eigenvalue weighted by molar-refractivity contribution is 0.0909. The lowest BCUT2D eigenvalue weighted by atomic mass is 9.94. The van der Waals surface area contributed by atoms with Crippen LogP contribution in [0.15, 0.2) is 79.4 Å². The number of aryl methyl sites for hydroxylation is 1. The van der Waals surface area contributed by atoms with Crippen LogP contribution in [-0.2, 0) is 18.3 Å². The average molecular weight is 616 g/mol. The Balaban J connectivity index is 1.29. The van der Waals surface area contributed by atoms with Gasteiger partial charge < -0.3 is 10.1 Å². The molecule has 3 aromatic heterocycles. The molecule has 1 aliphatic heterocycles. The van der Waals surface area contributed by atoms with E-state index in [2.05, 4.69) is 25.7 Å². The molecule has 0 spiro atoms. The molecule has 45 heavy (non-hydrogen) atoms. The number of rotatable bonds is 10. The van der Waals surface area contributed by atoms with Gasteiger partial charge in [-0.25, -0.2) is 18.3 Å². The van der Waals surface area contributed by atoms with Gasteiger partial charge in [0.05, 0.1) is 37.1 Å². The number of nitrogens with one attached hydrogen (secondary N) is 2. The number of benzene rings is 2. The fourth-order valence-electron chi connectivity index (χ4n) is 5.98. The van der Waals surface area contributed by atoms with Gasteiger partial charge >= 0.3 is 6.03 Å². The molecule has 2 amide bonds. The zero-order valence-electron chi connectivity index (χ0n) is 25.3. The number of ether oxygens (including phenoxy) is 1. The Morgan fingerprint density at radius 3 is 2.60 bits per heavy atom. The van der Waals surface area contributed by atoms with Crippen molar-refractivity contribution in [3.8, 4) is 16.9 Å². The molecule has 0 bridgehead atoms. The van der Waals surface area contributed by atoms with Gasteiger partial charge in [-0.3, -0.25) is 19.6 Å².